The van der Waals surface area contributed by atoms with Crippen LogP contribution < -0.4 is 14.2 Å². The molecule has 2 N–H and O–H groups in total. The summed E-state index contributed by atoms with van der Waals surface area (Å²) in [5.41, 5.74) is 0.177. The first kappa shape index (κ1) is 23.1. The van der Waals surface area contributed by atoms with E-state index in [2.05, 4.69) is 9.44 Å². The van der Waals surface area contributed by atoms with Gasteiger partial charge in [0.15, 0.2) is 11.6 Å². The lowest BCUT2D eigenvalue weighted by Gasteiger charge is -2.12. The van der Waals surface area contributed by atoms with Gasteiger partial charge in [-0.15, -0.1) is 0 Å². The van der Waals surface area contributed by atoms with E-state index in [1.165, 1.54) is 61.7 Å². The molecule has 0 amide bonds. The molecule has 0 aliphatic heterocycles. The van der Waals surface area contributed by atoms with Crippen LogP contribution in [0.15, 0.2) is 70.5 Å². The second-order valence-corrected chi connectivity index (χ2v) is 10.3. The Morgan fingerprint density at radius 2 is 1.45 bits per heavy atom. The molecule has 0 radical (unpaired) electrons. The van der Waals surface area contributed by atoms with E-state index in [1.54, 1.807) is 0 Å². The molecule has 12 heteroatoms. The van der Waals surface area contributed by atoms with E-state index in [4.69, 9.17) is 27.9 Å². The molecule has 3 aromatic rings. The van der Waals surface area contributed by atoms with Crippen LogP contribution in [0.1, 0.15) is 0 Å². The highest BCUT2D eigenvalue weighted by Crippen LogP contribution is 2.31. The fourth-order valence-electron chi connectivity index (χ4n) is 2.52. The molecule has 0 aliphatic carbocycles. The van der Waals surface area contributed by atoms with Gasteiger partial charge in [0.05, 0.1) is 32.6 Å². The predicted octanol–water partition coefficient (Wildman–Crippen LogP) is 4.74. The SMILES string of the molecule is COc1ccc(S(=O)(=O)Nc2ccc(S(=O)(=O)Nc3cccc(Cl)c3Cl)cc2)cc1F. The van der Waals surface area contributed by atoms with Gasteiger partial charge in [-0.1, -0.05) is 29.3 Å². The molecular formula is C19H15Cl2FN2O5S2. The maximum absolute atomic E-state index is 13.8. The summed E-state index contributed by atoms with van der Waals surface area (Å²) in [5, 5.41) is 0.227. The minimum absolute atomic E-state index is 0.0452. The highest BCUT2D eigenvalue weighted by atomic mass is 35.5. The Hall–Kier alpha value is -2.53. The summed E-state index contributed by atoms with van der Waals surface area (Å²) in [7, 11) is -6.86. The van der Waals surface area contributed by atoms with Gasteiger partial charge in [-0.05, 0) is 54.6 Å². The Kier molecular flexibility index (Phi) is 6.65. The molecule has 0 bridgehead atoms. The van der Waals surface area contributed by atoms with Gasteiger partial charge in [-0.3, -0.25) is 9.44 Å². The van der Waals surface area contributed by atoms with Crippen molar-refractivity contribution in [3.05, 3.63) is 76.5 Å². The van der Waals surface area contributed by atoms with E-state index in [-0.39, 0.29) is 37.0 Å². The molecule has 3 rings (SSSR count). The molecule has 7 nitrogen and oxygen atoms in total. The van der Waals surface area contributed by atoms with Crippen molar-refractivity contribution < 1.29 is 26.0 Å². The van der Waals surface area contributed by atoms with Crippen LogP contribution in [0.5, 0.6) is 5.75 Å². The van der Waals surface area contributed by atoms with Gasteiger partial charge in [-0.2, -0.15) is 0 Å². The van der Waals surface area contributed by atoms with Crippen LogP contribution in [-0.2, 0) is 20.0 Å². The van der Waals surface area contributed by atoms with E-state index in [1.807, 2.05) is 0 Å². The zero-order chi connectivity index (χ0) is 22.8. The minimum atomic E-state index is -4.11. The van der Waals surface area contributed by atoms with E-state index in [0.29, 0.717) is 0 Å². The fraction of sp³-hybridized carbons (Fsp3) is 0.0526. The number of halogens is 3. The summed E-state index contributed by atoms with van der Waals surface area (Å²) in [6.07, 6.45) is 0. The Balaban J connectivity index is 1.81. The molecule has 0 saturated heterocycles. The topological polar surface area (TPSA) is 102 Å². The first-order valence-corrected chi connectivity index (χ1v) is 12.2. The highest BCUT2D eigenvalue weighted by molar-refractivity contribution is 7.93. The van der Waals surface area contributed by atoms with Gasteiger partial charge in [0.25, 0.3) is 20.0 Å². The Morgan fingerprint density at radius 3 is 2.06 bits per heavy atom. The highest BCUT2D eigenvalue weighted by Gasteiger charge is 2.19. The van der Waals surface area contributed by atoms with Gasteiger partial charge in [-0.25, -0.2) is 21.2 Å². The van der Waals surface area contributed by atoms with Gasteiger partial charge in [0, 0.05) is 5.69 Å². The summed E-state index contributed by atoms with van der Waals surface area (Å²) >= 11 is 11.9. The number of hydrogen-bond donors (Lipinski definition) is 2. The van der Waals surface area contributed by atoms with Gasteiger partial charge in [0.1, 0.15) is 0 Å². The van der Waals surface area contributed by atoms with Gasteiger partial charge >= 0.3 is 0 Å². The molecule has 0 fully saturated rings. The number of anilines is 2. The molecule has 0 unspecified atom stereocenters. The summed E-state index contributed by atoms with van der Waals surface area (Å²) < 4.78 is 73.3. The van der Waals surface area contributed by atoms with Crippen LogP contribution in [0.3, 0.4) is 0 Å². The third-order valence-electron chi connectivity index (χ3n) is 4.05. The number of nitrogens with one attached hydrogen (secondary N) is 2. The maximum atomic E-state index is 13.8. The Labute approximate surface area is 188 Å². The van der Waals surface area contributed by atoms with Gasteiger partial charge in [0.2, 0.25) is 0 Å². The zero-order valence-corrected chi connectivity index (χ0v) is 18.9. The van der Waals surface area contributed by atoms with Crippen LogP contribution in [0.2, 0.25) is 10.0 Å². The molecule has 3 aromatic carbocycles. The lowest BCUT2D eigenvalue weighted by atomic mass is 10.3. The average Bonchev–Trinajstić information content (AvgIpc) is 2.71. The maximum Gasteiger partial charge on any atom is 0.262 e. The van der Waals surface area contributed by atoms with E-state index >= 15 is 0 Å². The molecule has 0 saturated carbocycles. The number of rotatable bonds is 7. The fourth-order valence-corrected chi connectivity index (χ4v) is 5.06. The summed E-state index contributed by atoms with van der Waals surface area (Å²) in [4.78, 5) is -0.457. The third kappa shape index (κ3) is 5.21. The van der Waals surface area contributed by atoms with E-state index in [9.17, 15) is 21.2 Å². The van der Waals surface area contributed by atoms with Crippen molar-refractivity contribution in [3.63, 3.8) is 0 Å². The molecule has 0 aliphatic rings. The largest absolute Gasteiger partial charge is 0.494 e. The van der Waals surface area contributed by atoms with Crippen LogP contribution in [0.25, 0.3) is 0 Å². The Bertz CT molecular complexity index is 1330. The first-order valence-electron chi connectivity index (χ1n) is 8.47. The molecule has 164 valence electrons. The molecule has 0 aromatic heterocycles. The minimum Gasteiger partial charge on any atom is -0.494 e. The van der Waals surface area contributed by atoms with E-state index in [0.717, 1.165) is 6.07 Å². The normalized spacial score (nSPS) is 11.7. The first-order chi connectivity index (χ1) is 14.5. The lowest BCUT2D eigenvalue weighted by Crippen LogP contribution is -2.15. The third-order valence-corrected chi connectivity index (χ3v) is 7.63. The lowest BCUT2D eigenvalue weighted by molar-refractivity contribution is 0.385. The summed E-state index contributed by atoms with van der Waals surface area (Å²) in [6.45, 7) is 0. The smallest absolute Gasteiger partial charge is 0.262 e. The van der Waals surface area contributed by atoms with Crippen molar-refractivity contribution in [1.82, 2.24) is 0 Å². The molecule has 0 heterocycles. The van der Waals surface area contributed by atoms with Crippen molar-refractivity contribution >= 4 is 54.6 Å². The monoisotopic (exact) mass is 504 g/mol. The predicted molar refractivity (Wildman–Crippen MR) is 117 cm³/mol. The second kappa shape index (κ2) is 8.91. The van der Waals surface area contributed by atoms with Crippen LogP contribution in [0.4, 0.5) is 15.8 Å². The quantitative estimate of drug-likeness (QED) is 0.483. The number of methoxy groups -OCH3 is 1. The van der Waals surface area contributed by atoms with Crippen LogP contribution in [0, 0.1) is 5.82 Å². The number of ether oxygens (including phenoxy) is 1. The molecule has 0 atom stereocenters. The number of sulfonamides is 2. The number of benzene rings is 3. The van der Waals surface area contributed by atoms with Crippen molar-refractivity contribution in [2.24, 2.45) is 0 Å². The summed E-state index contributed by atoms with van der Waals surface area (Å²) in [6, 6.07) is 12.6. The van der Waals surface area contributed by atoms with Gasteiger partial charge < -0.3 is 4.74 Å². The average molecular weight is 505 g/mol. The van der Waals surface area contributed by atoms with Crippen LogP contribution in [-0.4, -0.2) is 23.9 Å². The summed E-state index contributed by atoms with van der Waals surface area (Å²) in [5.74, 6) is -0.932. The van der Waals surface area contributed by atoms with E-state index < -0.39 is 25.9 Å². The van der Waals surface area contributed by atoms with Crippen molar-refractivity contribution in [3.8, 4) is 5.75 Å². The van der Waals surface area contributed by atoms with Crippen LogP contribution >= 0.6 is 23.2 Å². The second-order valence-electron chi connectivity index (χ2n) is 6.13. The van der Waals surface area contributed by atoms with Crippen molar-refractivity contribution in [2.45, 2.75) is 9.79 Å². The van der Waals surface area contributed by atoms with Crippen molar-refractivity contribution in [2.75, 3.05) is 16.6 Å². The molecular weight excluding hydrogens is 490 g/mol. The molecule has 31 heavy (non-hydrogen) atoms. The standard InChI is InChI=1S/C19H15Cl2FN2O5S2/c1-29-18-10-9-14(11-16(18)22)31(27,28)23-12-5-7-13(8-6-12)30(25,26)24-17-4-2-3-15(20)19(17)21/h2-11,23-24H,1H3. The molecule has 0 spiro atoms. The Morgan fingerprint density at radius 1 is 0.839 bits per heavy atom. The zero-order valence-electron chi connectivity index (χ0n) is 15.8. The number of hydrogen-bond acceptors (Lipinski definition) is 5. The van der Waals surface area contributed by atoms with Crippen molar-refractivity contribution in [1.29, 1.82) is 0 Å².